The molecule has 0 radical (unpaired) electrons. The lowest BCUT2D eigenvalue weighted by Gasteiger charge is -2.34. The van der Waals surface area contributed by atoms with Crippen molar-refractivity contribution in [2.24, 2.45) is 0 Å². The summed E-state index contributed by atoms with van der Waals surface area (Å²) in [5.41, 5.74) is 5.61. The van der Waals surface area contributed by atoms with Crippen LogP contribution in [0.3, 0.4) is 0 Å². The smallest absolute Gasteiger partial charge is 0.336 e. The van der Waals surface area contributed by atoms with Gasteiger partial charge in [0.1, 0.15) is 18.1 Å². The minimum Gasteiger partial charge on any atom is -0.496 e. The molecule has 0 saturated heterocycles. The number of benzene rings is 2. The lowest BCUT2D eigenvalue weighted by atomic mass is 9.75. The Labute approximate surface area is 200 Å². The summed E-state index contributed by atoms with van der Waals surface area (Å²) in [4.78, 5) is 26.1. The van der Waals surface area contributed by atoms with Gasteiger partial charge in [-0.1, -0.05) is 23.8 Å². The van der Waals surface area contributed by atoms with Gasteiger partial charge < -0.3 is 19.5 Å². The fraction of sp³-hybridized carbons (Fsp3) is 0.357. The Bertz CT molecular complexity index is 1160. The molecule has 2 aromatic carbocycles. The first-order valence-electron chi connectivity index (χ1n) is 11.7. The summed E-state index contributed by atoms with van der Waals surface area (Å²) >= 11 is 0. The van der Waals surface area contributed by atoms with Crippen molar-refractivity contribution in [2.45, 2.75) is 52.6 Å². The van der Waals surface area contributed by atoms with Gasteiger partial charge in [-0.3, -0.25) is 4.79 Å². The summed E-state index contributed by atoms with van der Waals surface area (Å²) in [5.74, 6) is 0.617. The third-order valence-corrected chi connectivity index (χ3v) is 6.32. The molecule has 0 amide bonds. The molecule has 2 aliphatic rings. The summed E-state index contributed by atoms with van der Waals surface area (Å²) in [7, 11) is 1.62. The van der Waals surface area contributed by atoms with Crippen molar-refractivity contribution in [1.82, 2.24) is 5.32 Å². The predicted molar refractivity (Wildman–Crippen MR) is 130 cm³/mol. The minimum absolute atomic E-state index is 0.0707. The first-order valence-corrected chi connectivity index (χ1v) is 11.7. The summed E-state index contributed by atoms with van der Waals surface area (Å²) in [6.45, 7) is 6.24. The van der Waals surface area contributed by atoms with E-state index in [1.54, 1.807) is 14.0 Å². The summed E-state index contributed by atoms with van der Waals surface area (Å²) < 4.78 is 17.0. The molecule has 0 spiro atoms. The molecule has 6 nitrogen and oxygen atoms in total. The number of esters is 1. The van der Waals surface area contributed by atoms with E-state index in [-0.39, 0.29) is 12.4 Å². The molecular formula is C28H31NO5. The SMILES string of the molecule is CCOC(=O)C1=C(C)NC2=C(C(=O)CCC2)[C@H]1c1ccc(OC)c(COc2ccc(C)cc2)c1. The van der Waals surface area contributed by atoms with E-state index in [0.717, 1.165) is 46.7 Å². The molecule has 0 unspecified atom stereocenters. The number of ketones is 1. The van der Waals surface area contributed by atoms with Gasteiger partial charge in [-0.25, -0.2) is 4.79 Å². The van der Waals surface area contributed by atoms with Crippen LogP contribution in [-0.4, -0.2) is 25.5 Å². The van der Waals surface area contributed by atoms with E-state index in [2.05, 4.69) is 5.32 Å². The Morgan fingerprint density at radius 3 is 2.56 bits per heavy atom. The monoisotopic (exact) mass is 461 g/mol. The van der Waals surface area contributed by atoms with Crippen LogP contribution < -0.4 is 14.8 Å². The Morgan fingerprint density at radius 2 is 1.85 bits per heavy atom. The van der Waals surface area contributed by atoms with E-state index in [1.165, 1.54) is 0 Å². The molecule has 0 aromatic heterocycles. The largest absolute Gasteiger partial charge is 0.496 e. The zero-order valence-electron chi connectivity index (χ0n) is 20.2. The molecule has 0 fully saturated rings. The highest BCUT2D eigenvalue weighted by Crippen LogP contribution is 2.43. The molecule has 4 rings (SSSR count). The second kappa shape index (κ2) is 10.2. The van der Waals surface area contributed by atoms with Gasteiger partial charge in [0.15, 0.2) is 5.78 Å². The number of nitrogens with one attached hydrogen (secondary N) is 1. The molecule has 6 heteroatoms. The number of methoxy groups -OCH3 is 1. The van der Waals surface area contributed by atoms with Crippen LogP contribution in [0.25, 0.3) is 0 Å². The average molecular weight is 462 g/mol. The van der Waals surface area contributed by atoms with Crippen LogP contribution in [0.1, 0.15) is 55.7 Å². The summed E-state index contributed by atoms with van der Waals surface area (Å²) in [5, 5.41) is 3.31. The van der Waals surface area contributed by atoms with E-state index in [1.807, 2.05) is 56.3 Å². The van der Waals surface area contributed by atoms with Crippen LogP contribution in [0.4, 0.5) is 0 Å². The van der Waals surface area contributed by atoms with Gasteiger partial charge in [-0.15, -0.1) is 0 Å². The molecule has 2 aromatic rings. The number of carbonyl (C=O) groups is 2. The molecule has 0 bridgehead atoms. The third-order valence-electron chi connectivity index (χ3n) is 6.32. The number of rotatable bonds is 7. The first kappa shape index (κ1) is 23.6. The van der Waals surface area contributed by atoms with Gasteiger partial charge in [0.2, 0.25) is 0 Å². The number of dihydropyridines is 1. The predicted octanol–water partition coefficient (Wildman–Crippen LogP) is 5.11. The van der Waals surface area contributed by atoms with Crippen molar-refractivity contribution >= 4 is 11.8 Å². The normalized spacial score (nSPS) is 17.8. The zero-order chi connectivity index (χ0) is 24.2. The number of allylic oxidation sites excluding steroid dienone is 3. The van der Waals surface area contributed by atoms with Crippen molar-refractivity contribution in [3.8, 4) is 11.5 Å². The van der Waals surface area contributed by atoms with Crippen LogP contribution in [0.5, 0.6) is 11.5 Å². The minimum atomic E-state index is -0.493. The molecular weight excluding hydrogens is 430 g/mol. The van der Waals surface area contributed by atoms with E-state index >= 15 is 0 Å². The lowest BCUT2D eigenvalue weighted by molar-refractivity contribution is -0.138. The van der Waals surface area contributed by atoms with Crippen molar-refractivity contribution in [3.05, 3.63) is 81.7 Å². The Kier molecular flexibility index (Phi) is 7.06. The van der Waals surface area contributed by atoms with Crippen LogP contribution in [0.15, 0.2) is 65.0 Å². The number of Topliss-reactive ketones (excluding diaryl/α,β-unsaturated/α-hetero) is 1. The van der Waals surface area contributed by atoms with Crippen LogP contribution in [0.2, 0.25) is 0 Å². The Balaban J connectivity index is 1.75. The van der Waals surface area contributed by atoms with Crippen molar-refractivity contribution in [3.63, 3.8) is 0 Å². The highest BCUT2D eigenvalue weighted by Gasteiger charge is 2.39. The van der Waals surface area contributed by atoms with Crippen LogP contribution >= 0.6 is 0 Å². The molecule has 0 saturated carbocycles. The Morgan fingerprint density at radius 1 is 1.09 bits per heavy atom. The standard InChI is InChI=1S/C28H31NO5/c1-5-33-28(31)25-18(3)29-22-7-6-8-23(30)27(22)26(25)19-11-14-24(32-4)20(15-19)16-34-21-12-9-17(2)10-13-21/h9-15,26,29H,5-8,16H2,1-4H3/t26-/m0/s1. The van der Waals surface area contributed by atoms with E-state index < -0.39 is 11.9 Å². The molecule has 1 aliphatic heterocycles. The molecule has 1 N–H and O–H groups in total. The second-order valence-electron chi connectivity index (χ2n) is 8.66. The van der Waals surface area contributed by atoms with Crippen LogP contribution in [-0.2, 0) is 20.9 Å². The maximum Gasteiger partial charge on any atom is 0.336 e. The van der Waals surface area contributed by atoms with Gasteiger partial charge in [0.05, 0.1) is 19.3 Å². The number of hydrogen-bond donors (Lipinski definition) is 1. The molecule has 1 aliphatic carbocycles. The van der Waals surface area contributed by atoms with Crippen LogP contribution in [0, 0.1) is 6.92 Å². The van der Waals surface area contributed by atoms with Gasteiger partial charge in [-0.2, -0.15) is 0 Å². The number of ether oxygens (including phenoxy) is 3. The Hall–Kier alpha value is -3.54. The highest BCUT2D eigenvalue weighted by atomic mass is 16.5. The fourth-order valence-corrected chi connectivity index (χ4v) is 4.68. The van der Waals surface area contributed by atoms with Crippen molar-refractivity contribution < 1.29 is 23.8 Å². The number of carbonyl (C=O) groups excluding carboxylic acids is 2. The van der Waals surface area contributed by atoms with Gasteiger partial charge in [0.25, 0.3) is 0 Å². The average Bonchev–Trinajstić information content (AvgIpc) is 2.83. The van der Waals surface area contributed by atoms with Crippen molar-refractivity contribution in [2.75, 3.05) is 13.7 Å². The quantitative estimate of drug-likeness (QED) is 0.578. The zero-order valence-corrected chi connectivity index (χ0v) is 20.2. The highest BCUT2D eigenvalue weighted by molar-refractivity contribution is 6.03. The molecule has 1 heterocycles. The second-order valence-corrected chi connectivity index (χ2v) is 8.66. The lowest BCUT2D eigenvalue weighted by Crippen LogP contribution is -2.34. The molecule has 178 valence electrons. The van der Waals surface area contributed by atoms with E-state index in [4.69, 9.17) is 14.2 Å². The van der Waals surface area contributed by atoms with E-state index in [9.17, 15) is 9.59 Å². The van der Waals surface area contributed by atoms with Gasteiger partial charge in [-0.05, 0) is 63.4 Å². The topological polar surface area (TPSA) is 73.9 Å². The van der Waals surface area contributed by atoms with Gasteiger partial charge in [0, 0.05) is 34.9 Å². The van der Waals surface area contributed by atoms with Gasteiger partial charge >= 0.3 is 5.97 Å². The molecule has 34 heavy (non-hydrogen) atoms. The maximum absolute atomic E-state index is 13.1. The number of hydrogen-bond acceptors (Lipinski definition) is 6. The maximum atomic E-state index is 13.1. The number of aryl methyl sites for hydroxylation is 1. The first-order chi connectivity index (χ1) is 16.4. The molecule has 1 atom stereocenters. The van der Waals surface area contributed by atoms with E-state index in [0.29, 0.717) is 29.9 Å². The summed E-state index contributed by atoms with van der Waals surface area (Å²) in [6.07, 6.45) is 2.06. The fourth-order valence-electron chi connectivity index (χ4n) is 4.68. The van der Waals surface area contributed by atoms with Crippen molar-refractivity contribution in [1.29, 1.82) is 0 Å². The summed E-state index contributed by atoms with van der Waals surface area (Å²) in [6, 6.07) is 13.6. The third kappa shape index (κ3) is 4.72.